The van der Waals surface area contributed by atoms with Gasteiger partial charge < -0.3 is 4.74 Å². The molecule has 0 aromatic carbocycles. The van der Waals surface area contributed by atoms with Gasteiger partial charge in [-0.2, -0.15) is 0 Å². The van der Waals surface area contributed by atoms with Gasteiger partial charge in [0.1, 0.15) is 6.10 Å². The molecule has 0 bridgehead atoms. The molecule has 2 rings (SSSR count). The normalized spacial score (nSPS) is 34.1. The maximum atomic E-state index is 11.5. The lowest BCUT2D eigenvalue weighted by atomic mass is 9.99. The Kier molecular flexibility index (Phi) is 3.66. The van der Waals surface area contributed by atoms with Gasteiger partial charge in [0.15, 0.2) is 0 Å². The van der Waals surface area contributed by atoms with E-state index >= 15 is 0 Å². The SMILES string of the molecule is CCCCC(=O)OC1CCC2CCCC21. The predicted octanol–water partition coefficient (Wildman–Crippen LogP) is 3.30. The Morgan fingerprint density at radius 1 is 1.27 bits per heavy atom. The first-order valence-corrected chi connectivity index (χ1v) is 6.50. The summed E-state index contributed by atoms with van der Waals surface area (Å²) in [5.74, 6) is 1.61. The molecule has 2 fully saturated rings. The van der Waals surface area contributed by atoms with Crippen LogP contribution in [0.15, 0.2) is 0 Å². The van der Waals surface area contributed by atoms with Gasteiger partial charge in [-0.05, 0) is 37.5 Å². The molecule has 2 heteroatoms. The fraction of sp³-hybridized carbons (Fsp3) is 0.923. The first-order chi connectivity index (χ1) is 7.31. The number of unbranched alkanes of at least 4 members (excludes halogenated alkanes) is 1. The zero-order chi connectivity index (χ0) is 10.7. The molecule has 2 nitrogen and oxygen atoms in total. The number of hydrogen-bond acceptors (Lipinski definition) is 2. The van der Waals surface area contributed by atoms with Crippen LogP contribution in [-0.4, -0.2) is 12.1 Å². The van der Waals surface area contributed by atoms with Crippen LogP contribution in [0, 0.1) is 11.8 Å². The van der Waals surface area contributed by atoms with Crippen molar-refractivity contribution >= 4 is 5.97 Å². The Morgan fingerprint density at radius 2 is 2.13 bits per heavy atom. The van der Waals surface area contributed by atoms with E-state index in [1.54, 1.807) is 0 Å². The van der Waals surface area contributed by atoms with E-state index in [-0.39, 0.29) is 12.1 Å². The highest BCUT2D eigenvalue weighted by Gasteiger charge is 2.40. The van der Waals surface area contributed by atoms with Gasteiger partial charge in [-0.25, -0.2) is 0 Å². The average molecular weight is 210 g/mol. The molecule has 3 unspecified atom stereocenters. The molecular weight excluding hydrogens is 188 g/mol. The molecule has 0 amide bonds. The predicted molar refractivity (Wildman–Crippen MR) is 59.5 cm³/mol. The van der Waals surface area contributed by atoms with Gasteiger partial charge in [0.05, 0.1) is 0 Å². The Balaban J connectivity index is 1.77. The van der Waals surface area contributed by atoms with E-state index in [1.165, 1.54) is 25.7 Å². The number of fused-ring (bicyclic) bond motifs is 1. The second-order valence-corrected chi connectivity index (χ2v) is 5.06. The van der Waals surface area contributed by atoms with Crippen molar-refractivity contribution in [2.45, 2.75) is 64.4 Å². The number of ether oxygens (including phenoxy) is 1. The second kappa shape index (κ2) is 5.00. The summed E-state index contributed by atoms with van der Waals surface area (Å²) in [4.78, 5) is 11.5. The summed E-state index contributed by atoms with van der Waals surface area (Å²) < 4.78 is 5.59. The molecule has 0 radical (unpaired) electrons. The maximum absolute atomic E-state index is 11.5. The van der Waals surface area contributed by atoms with Gasteiger partial charge in [-0.1, -0.05) is 26.2 Å². The van der Waals surface area contributed by atoms with Crippen molar-refractivity contribution in [2.24, 2.45) is 11.8 Å². The molecule has 2 saturated carbocycles. The van der Waals surface area contributed by atoms with Crippen molar-refractivity contribution in [3.8, 4) is 0 Å². The maximum Gasteiger partial charge on any atom is 0.306 e. The zero-order valence-corrected chi connectivity index (χ0v) is 9.71. The Hall–Kier alpha value is -0.530. The van der Waals surface area contributed by atoms with Crippen LogP contribution in [0.3, 0.4) is 0 Å². The van der Waals surface area contributed by atoms with Crippen molar-refractivity contribution in [2.75, 3.05) is 0 Å². The molecule has 0 saturated heterocycles. The van der Waals surface area contributed by atoms with Gasteiger partial charge in [0, 0.05) is 6.42 Å². The van der Waals surface area contributed by atoms with E-state index in [2.05, 4.69) is 6.92 Å². The third-order valence-corrected chi connectivity index (χ3v) is 4.03. The summed E-state index contributed by atoms with van der Waals surface area (Å²) in [6, 6.07) is 0. The van der Waals surface area contributed by atoms with E-state index in [4.69, 9.17) is 4.74 Å². The lowest BCUT2D eigenvalue weighted by Crippen LogP contribution is -2.22. The van der Waals surface area contributed by atoms with E-state index in [0.29, 0.717) is 12.3 Å². The van der Waals surface area contributed by atoms with Crippen LogP contribution in [0.2, 0.25) is 0 Å². The van der Waals surface area contributed by atoms with E-state index in [1.807, 2.05) is 0 Å². The Labute approximate surface area is 92.4 Å². The molecule has 2 aliphatic rings. The number of carbonyl (C=O) groups is 1. The summed E-state index contributed by atoms with van der Waals surface area (Å²) in [6.45, 7) is 2.11. The van der Waals surface area contributed by atoms with Crippen LogP contribution in [0.4, 0.5) is 0 Å². The number of esters is 1. The van der Waals surface area contributed by atoms with Crippen molar-refractivity contribution in [3.05, 3.63) is 0 Å². The molecule has 0 aromatic rings. The molecule has 0 N–H and O–H groups in total. The van der Waals surface area contributed by atoms with Crippen LogP contribution >= 0.6 is 0 Å². The molecule has 0 aliphatic heterocycles. The molecule has 0 spiro atoms. The van der Waals surface area contributed by atoms with Crippen LogP contribution < -0.4 is 0 Å². The van der Waals surface area contributed by atoms with E-state index < -0.39 is 0 Å². The summed E-state index contributed by atoms with van der Waals surface area (Å²) in [6.07, 6.45) is 9.34. The Bertz CT molecular complexity index is 225. The molecule has 0 heterocycles. The van der Waals surface area contributed by atoms with Crippen molar-refractivity contribution < 1.29 is 9.53 Å². The summed E-state index contributed by atoms with van der Waals surface area (Å²) in [5.41, 5.74) is 0. The average Bonchev–Trinajstić information content (AvgIpc) is 2.80. The van der Waals surface area contributed by atoms with Crippen molar-refractivity contribution in [1.82, 2.24) is 0 Å². The van der Waals surface area contributed by atoms with Crippen molar-refractivity contribution in [3.63, 3.8) is 0 Å². The minimum Gasteiger partial charge on any atom is -0.462 e. The highest BCUT2D eigenvalue weighted by molar-refractivity contribution is 5.69. The smallest absolute Gasteiger partial charge is 0.306 e. The number of rotatable bonds is 4. The molecule has 86 valence electrons. The molecule has 3 atom stereocenters. The monoisotopic (exact) mass is 210 g/mol. The van der Waals surface area contributed by atoms with Gasteiger partial charge >= 0.3 is 5.97 Å². The first kappa shape index (κ1) is 11.0. The van der Waals surface area contributed by atoms with Gasteiger partial charge in [-0.15, -0.1) is 0 Å². The minimum absolute atomic E-state index is 0.0365. The summed E-state index contributed by atoms with van der Waals surface area (Å²) >= 11 is 0. The van der Waals surface area contributed by atoms with Crippen molar-refractivity contribution in [1.29, 1.82) is 0 Å². The van der Waals surface area contributed by atoms with Gasteiger partial charge in [-0.3, -0.25) is 4.79 Å². The molecule has 15 heavy (non-hydrogen) atoms. The number of hydrogen-bond donors (Lipinski definition) is 0. The summed E-state index contributed by atoms with van der Waals surface area (Å²) in [5, 5.41) is 0. The first-order valence-electron chi connectivity index (χ1n) is 6.50. The van der Waals surface area contributed by atoms with Crippen LogP contribution in [0.1, 0.15) is 58.3 Å². The van der Waals surface area contributed by atoms with E-state index in [0.717, 1.165) is 25.2 Å². The lowest BCUT2D eigenvalue weighted by Gasteiger charge is -2.18. The summed E-state index contributed by atoms with van der Waals surface area (Å²) in [7, 11) is 0. The Morgan fingerprint density at radius 3 is 2.93 bits per heavy atom. The number of carbonyl (C=O) groups excluding carboxylic acids is 1. The molecule has 0 aromatic heterocycles. The lowest BCUT2D eigenvalue weighted by molar-refractivity contribution is -0.151. The van der Waals surface area contributed by atoms with Gasteiger partial charge in [0.2, 0.25) is 0 Å². The van der Waals surface area contributed by atoms with Crippen LogP contribution in [0.5, 0.6) is 0 Å². The third kappa shape index (κ3) is 2.53. The highest BCUT2D eigenvalue weighted by atomic mass is 16.5. The van der Waals surface area contributed by atoms with E-state index in [9.17, 15) is 4.79 Å². The highest BCUT2D eigenvalue weighted by Crippen LogP contribution is 2.45. The third-order valence-electron chi connectivity index (χ3n) is 4.03. The zero-order valence-electron chi connectivity index (χ0n) is 9.71. The minimum atomic E-state index is 0.0365. The quantitative estimate of drug-likeness (QED) is 0.665. The topological polar surface area (TPSA) is 26.3 Å². The second-order valence-electron chi connectivity index (χ2n) is 5.06. The molecular formula is C13H22O2. The molecule has 2 aliphatic carbocycles. The van der Waals surface area contributed by atoms with Gasteiger partial charge in [0.25, 0.3) is 0 Å². The largest absolute Gasteiger partial charge is 0.462 e. The van der Waals surface area contributed by atoms with Crippen LogP contribution in [0.25, 0.3) is 0 Å². The fourth-order valence-electron chi connectivity index (χ4n) is 3.20. The fourth-order valence-corrected chi connectivity index (χ4v) is 3.20. The standard InChI is InChI=1S/C13H22O2/c1-2-3-7-13(14)15-12-9-8-10-5-4-6-11(10)12/h10-12H,2-9H2,1H3. The van der Waals surface area contributed by atoms with Crippen LogP contribution in [-0.2, 0) is 9.53 Å².